The van der Waals surface area contributed by atoms with Gasteiger partial charge in [0.15, 0.2) is 0 Å². The van der Waals surface area contributed by atoms with Crippen LogP contribution in [-0.4, -0.2) is 24.4 Å². The summed E-state index contributed by atoms with van der Waals surface area (Å²) in [4.78, 5) is 37.0. The number of furan rings is 1. The summed E-state index contributed by atoms with van der Waals surface area (Å²) in [6.07, 6.45) is 1.39. The number of hydrogen-bond acceptors (Lipinski definition) is 5. The fourth-order valence-corrected chi connectivity index (χ4v) is 3.35. The molecule has 0 saturated carbocycles. The molecule has 7 nitrogen and oxygen atoms in total. The molecule has 1 fully saturated rings. The molecule has 0 atom stereocenters. The molecule has 0 spiro atoms. The highest BCUT2D eigenvalue weighted by Crippen LogP contribution is 2.28. The normalized spacial score (nSPS) is 14.7. The molecule has 1 N–H and O–H groups in total. The Bertz CT molecular complexity index is 1240. The van der Waals surface area contributed by atoms with Crippen LogP contribution in [0, 0.1) is 6.92 Å². The van der Waals surface area contributed by atoms with Crippen molar-refractivity contribution in [2.75, 3.05) is 11.6 Å². The minimum atomic E-state index is -0.538. The summed E-state index contributed by atoms with van der Waals surface area (Å²) in [7, 11) is 0. The van der Waals surface area contributed by atoms with E-state index in [9.17, 15) is 14.4 Å². The van der Waals surface area contributed by atoms with Gasteiger partial charge in [-0.05, 0) is 61.9 Å². The molecule has 2 amide bonds. The summed E-state index contributed by atoms with van der Waals surface area (Å²) >= 11 is 6.14. The number of amides is 2. The van der Waals surface area contributed by atoms with Crippen LogP contribution < -0.4 is 10.4 Å². The summed E-state index contributed by atoms with van der Waals surface area (Å²) in [5.41, 5.74) is 4.98. The van der Waals surface area contributed by atoms with Gasteiger partial charge >= 0.3 is 5.97 Å². The minimum Gasteiger partial charge on any atom is -0.462 e. The van der Waals surface area contributed by atoms with E-state index in [1.54, 1.807) is 61.5 Å². The smallest absolute Gasteiger partial charge is 0.338 e. The molecule has 0 unspecified atom stereocenters. The topological polar surface area (TPSA) is 88.9 Å². The molecule has 4 rings (SSSR count). The number of carbonyl (C=O) groups is 3. The van der Waals surface area contributed by atoms with Crippen molar-refractivity contribution in [3.8, 4) is 11.3 Å². The Morgan fingerprint density at radius 3 is 2.56 bits per heavy atom. The van der Waals surface area contributed by atoms with Gasteiger partial charge in [0.2, 0.25) is 0 Å². The van der Waals surface area contributed by atoms with Crippen molar-refractivity contribution in [1.29, 1.82) is 0 Å². The Hall–Kier alpha value is -3.84. The molecule has 162 valence electrons. The summed E-state index contributed by atoms with van der Waals surface area (Å²) in [5.74, 6) is -0.568. The zero-order valence-electron chi connectivity index (χ0n) is 17.3. The third-order valence-corrected chi connectivity index (χ3v) is 5.31. The molecule has 32 heavy (non-hydrogen) atoms. The van der Waals surface area contributed by atoms with Crippen molar-refractivity contribution in [2.24, 2.45) is 0 Å². The lowest BCUT2D eigenvalue weighted by Gasteiger charge is -2.15. The molecule has 2 aromatic carbocycles. The fourth-order valence-electron chi connectivity index (χ4n) is 3.17. The summed E-state index contributed by atoms with van der Waals surface area (Å²) in [5, 5.41) is 1.64. The van der Waals surface area contributed by atoms with Gasteiger partial charge in [0.25, 0.3) is 11.8 Å². The number of hydrazine groups is 1. The maximum Gasteiger partial charge on any atom is 0.338 e. The lowest BCUT2D eigenvalue weighted by Crippen LogP contribution is -2.35. The molecule has 0 bridgehead atoms. The van der Waals surface area contributed by atoms with Crippen molar-refractivity contribution < 1.29 is 23.5 Å². The lowest BCUT2D eigenvalue weighted by molar-refractivity contribution is -0.117. The van der Waals surface area contributed by atoms with Crippen molar-refractivity contribution in [3.05, 3.63) is 82.1 Å². The van der Waals surface area contributed by atoms with Gasteiger partial charge in [-0.3, -0.25) is 15.0 Å². The highest BCUT2D eigenvalue weighted by atomic mass is 35.5. The molecule has 0 radical (unpaired) electrons. The van der Waals surface area contributed by atoms with Gasteiger partial charge < -0.3 is 9.15 Å². The van der Waals surface area contributed by atoms with Crippen LogP contribution in [0.5, 0.6) is 0 Å². The first-order chi connectivity index (χ1) is 15.4. The summed E-state index contributed by atoms with van der Waals surface area (Å²) in [6.45, 7) is 3.90. The zero-order valence-corrected chi connectivity index (χ0v) is 18.1. The van der Waals surface area contributed by atoms with Crippen molar-refractivity contribution in [1.82, 2.24) is 5.43 Å². The Morgan fingerprint density at radius 1 is 1.12 bits per heavy atom. The van der Waals surface area contributed by atoms with E-state index >= 15 is 0 Å². The van der Waals surface area contributed by atoms with Gasteiger partial charge in [0, 0.05) is 10.6 Å². The van der Waals surface area contributed by atoms with Crippen LogP contribution in [0.25, 0.3) is 17.4 Å². The third-order valence-electron chi connectivity index (χ3n) is 4.90. The van der Waals surface area contributed by atoms with E-state index in [-0.39, 0.29) is 5.57 Å². The predicted octanol–water partition coefficient (Wildman–Crippen LogP) is 4.55. The van der Waals surface area contributed by atoms with E-state index in [1.165, 1.54) is 6.08 Å². The molecular formula is C24H19ClN2O5. The predicted molar refractivity (Wildman–Crippen MR) is 120 cm³/mol. The molecule has 2 heterocycles. The average Bonchev–Trinajstić information content (AvgIpc) is 3.36. The maximum atomic E-state index is 12.8. The van der Waals surface area contributed by atoms with Gasteiger partial charge in [0.1, 0.15) is 17.1 Å². The highest BCUT2D eigenvalue weighted by molar-refractivity contribution is 6.33. The molecule has 1 aromatic heterocycles. The van der Waals surface area contributed by atoms with Gasteiger partial charge in [-0.25, -0.2) is 9.80 Å². The van der Waals surface area contributed by atoms with Crippen LogP contribution in [0.1, 0.15) is 28.6 Å². The number of ether oxygens (including phenoxy) is 1. The Kier molecular flexibility index (Phi) is 5.83. The summed E-state index contributed by atoms with van der Waals surface area (Å²) < 4.78 is 10.8. The van der Waals surface area contributed by atoms with E-state index in [0.717, 1.165) is 16.1 Å². The fraction of sp³-hybridized carbons (Fsp3) is 0.125. The van der Waals surface area contributed by atoms with E-state index in [0.29, 0.717) is 34.4 Å². The second-order valence-electron chi connectivity index (χ2n) is 7.07. The second kappa shape index (κ2) is 8.72. The van der Waals surface area contributed by atoms with Gasteiger partial charge in [-0.2, -0.15) is 0 Å². The molecule has 1 aliphatic rings. The standard InChI is InChI=1S/C24H19ClN2O5/c1-3-31-24(30)16-7-5-15(6-8-16)21-11-10-18(32-21)13-19-22(28)26-27(23(19)29)17-9-4-14(2)20(25)12-17/h4-13H,3H2,1-2H3,(H,26,28). The number of halogens is 1. The molecule has 1 saturated heterocycles. The van der Waals surface area contributed by atoms with Crippen molar-refractivity contribution >= 4 is 41.1 Å². The molecule has 3 aromatic rings. The van der Waals surface area contributed by atoms with E-state index in [2.05, 4.69) is 5.43 Å². The third kappa shape index (κ3) is 4.15. The number of aryl methyl sites for hydroxylation is 1. The van der Waals surface area contributed by atoms with E-state index in [1.807, 2.05) is 6.92 Å². The summed E-state index contributed by atoms with van der Waals surface area (Å²) in [6, 6.07) is 15.2. The number of nitrogens with zero attached hydrogens (tertiary/aromatic N) is 1. The highest BCUT2D eigenvalue weighted by Gasteiger charge is 2.35. The van der Waals surface area contributed by atoms with Crippen molar-refractivity contribution in [3.63, 3.8) is 0 Å². The lowest BCUT2D eigenvalue weighted by atomic mass is 10.1. The van der Waals surface area contributed by atoms with Crippen LogP contribution in [-0.2, 0) is 14.3 Å². The average molecular weight is 451 g/mol. The Morgan fingerprint density at radius 2 is 1.88 bits per heavy atom. The molecular weight excluding hydrogens is 432 g/mol. The first kappa shape index (κ1) is 21.4. The van der Waals surface area contributed by atoms with Crippen LogP contribution in [0.3, 0.4) is 0 Å². The van der Waals surface area contributed by atoms with Crippen LogP contribution in [0.2, 0.25) is 5.02 Å². The SMILES string of the molecule is CCOC(=O)c1ccc(-c2ccc(C=C3C(=O)NN(c4ccc(C)c(Cl)c4)C3=O)o2)cc1. The van der Waals surface area contributed by atoms with E-state index < -0.39 is 17.8 Å². The first-order valence-electron chi connectivity index (χ1n) is 9.88. The van der Waals surface area contributed by atoms with Crippen LogP contribution >= 0.6 is 11.6 Å². The maximum absolute atomic E-state index is 12.8. The number of benzene rings is 2. The molecule has 0 aliphatic carbocycles. The number of hydrogen-bond donors (Lipinski definition) is 1. The monoisotopic (exact) mass is 450 g/mol. The quantitative estimate of drug-likeness (QED) is 0.350. The largest absolute Gasteiger partial charge is 0.462 e. The van der Waals surface area contributed by atoms with E-state index in [4.69, 9.17) is 20.8 Å². The number of rotatable bonds is 5. The Balaban J connectivity index is 1.55. The molecule has 1 aliphatic heterocycles. The van der Waals surface area contributed by atoms with Crippen LogP contribution in [0.4, 0.5) is 5.69 Å². The first-order valence-corrected chi connectivity index (χ1v) is 10.3. The minimum absolute atomic E-state index is 0.0553. The second-order valence-corrected chi connectivity index (χ2v) is 7.48. The van der Waals surface area contributed by atoms with Gasteiger partial charge in [-0.15, -0.1) is 0 Å². The zero-order chi connectivity index (χ0) is 22.8. The number of carbonyl (C=O) groups excluding carboxylic acids is 3. The molecule has 8 heteroatoms. The van der Waals surface area contributed by atoms with Crippen LogP contribution in [0.15, 0.2) is 64.6 Å². The number of esters is 1. The number of anilines is 1. The van der Waals surface area contributed by atoms with Gasteiger partial charge in [-0.1, -0.05) is 29.8 Å². The van der Waals surface area contributed by atoms with Crippen molar-refractivity contribution in [2.45, 2.75) is 13.8 Å². The number of nitrogens with one attached hydrogen (secondary N) is 1. The van der Waals surface area contributed by atoms with Gasteiger partial charge in [0.05, 0.1) is 17.9 Å². The Labute approximate surface area is 189 Å².